The largest absolute Gasteiger partial charge is 0.493 e. The number of carbonyl (C=O) groups excluding carboxylic acids is 1. The van der Waals surface area contributed by atoms with Crippen LogP contribution in [0.25, 0.3) is 16.6 Å². The van der Waals surface area contributed by atoms with Crippen molar-refractivity contribution in [1.29, 1.82) is 0 Å². The molecule has 0 saturated heterocycles. The monoisotopic (exact) mass is 580 g/mol. The quantitative estimate of drug-likeness (QED) is 0.267. The van der Waals surface area contributed by atoms with E-state index in [1.165, 1.54) is 44.7 Å². The third-order valence-corrected chi connectivity index (χ3v) is 7.03. The molecule has 0 atom stereocenters. The highest BCUT2D eigenvalue weighted by Gasteiger charge is 2.22. The standard InChI is InChI=1S/C28H22F2N4O6S/c1-38-25-13-19-21(14-26(25)39-2)31-11-10-23(19)40-24-9-6-17(12-20(24)30)32-28(35)22-15-27(41(3,36)37)34(33-22)18-7-4-16(29)5-8-18/h4-15H,1-3H3,(H,32,35). The van der Waals surface area contributed by atoms with Crippen LogP contribution in [0.3, 0.4) is 0 Å². The summed E-state index contributed by atoms with van der Waals surface area (Å²) in [6.45, 7) is 0. The third kappa shape index (κ3) is 5.65. The van der Waals surface area contributed by atoms with Crippen LogP contribution in [-0.4, -0.2) is 49.6 Å². The van der Waals surface area contributed by atoms with Crippen LogP contribution < -0.4 is 19.5 Å². The van der Waals surface area contributed by atoms with Gasteiger partial charge in [0.15, 0.2) is 43.6 Å². The molecule has 3 aromatic carbocycles. The van der Waals surface area contributed by atoms with Crippen molar-refractivity contribution < 1.29 is 36.2 Å². The zero-order valence-corrected chi connectivity index (χ0v) is 22.7. The van der Waals surface area contributed by atoms with E-state index in [2.05, 4.69) is 15.4 Å². The molecule has 2 heterocycles. The van der Waals surface area contributed by atoms with Gasteiger partial charge in [0.05, 0.1) is 25.4 Å². The molecule has 13 heteroatoms. The summed E-state index contributed by atoms with van der Waals surface area (Å²) in [5.74, 6) is -0.978. The summed E-state index contributed by atoms with van der Waals surface area (Å²) in [5, 5.41) is 6.86. The molecule has 5 aromatic rings. The molecule has 0 fully saturated rings. The van der Waals surface area contributed by atoms with Gasteiger partial charge < -0.3 is 19.5 Å². The van der Waals surface area contributed by atoms with Gasteiger partial charge >= 0.3 is 0 Å². The van der Waals surface area contributed by atoms with E-state index < -0.39 is 27.4 Å². The van der Waals surface area contributed by atoms with Gasteiger partial charge in [-0.15, -0.1) is 0 Å². The first-order valence-corrected chi connectivity index (χ1v) is 13.8. The molecule has 5 rings (SSSR count). The number of hydrogen-bond donors (Lipinski definition) is 1. The number of aromatic nitrogens is 3. The van der Waals surface area contributed by atoms with Crippen LogP contribution >= 0.6 is 0 Å². The van der Waals surface area contributed by atoms with Gasteiger partial charge in [0.25, 0.3) is 5.91 Å². The number of nitrogens with zero attached hydrogens (tertiary/aromatic N) is 3. The van der Waals surface area contributed by atoms with Crippen molar-refractivity contribution in [3.63, 3.8) is 0 Å². The molecule has 1 N–H and O–H groups in total. The summed E-state index contributed by atoms with van der Waals surface area (Å²) >= 11 is 0. The van der Waals surface area contributed by atoms with E-state index in [-0.39, 0.29) is 27.8 Å². The van der Waals surface area contributed by atoms with Crippen molar-refractivity contribution in [3.8, 4) is 28.7 Å². The van der Waals surface area contributed by atoms with Gasteiger partial charge in [-0.2, -0.15) is 5.10 Å². The number of ether oxygens (including phenoxy) is 3. The second-order valence-electron chi connectivity index (χ2n) is 8.76. The Morgan fingerprint density at radius 3 is 2.24 bits per heavy atom. The Morgan fingerprint density at radius 2 is 1.59 bits per heavy atom. The molecule has 0 aliphatic carbocycles. The van der Waals surface area contributed by atoms with Crippen LogP contribution in [0, 0.1) is 11.6 Å². The zero-order valence-electron chi connectivity index (χ0n) is 21.9. The van der Waals surface area contributed by atoms with Crippen LogP contribution in [-0.2, 0) is 9.84 Å². The first-order chi connectivity index (χ1) is 19.6. The molecule has 10 nitrogen and oxygen atoms in total. The number of carbonyl (C=O) groups is 1. The Hall–Kier alpha value is -5.04. The zero-order chi connectivity index (χ0) is 29.3. The van der Waals surface area contributed by atoms with Crippen molar-refractivity contribution in [1.82, 2.24) is 14.8 Å². The molecule has 1 amide bonds. The lowest BCUT2D eigenvalue weighted by Crippen LogP contribution is -2.13. The SMILES string of the molecule is COc1cc2nccc(Oc3ccc(NC(=O)c4cc(S(C)(=O)=O)n(-c5ccc(F)cc5)n4)cc3F)c2cc1OC. The molecule has 0 aliphatic heterocycles. The van der Waals surface area contributed by atoms with Crippen molar-refractivity contribution in [2.45, 2.75) is 5.03 Å². The number of halogens is 2. The molecule has 41 heavy (non-hydrogen) atoms. The minimum atomic E-state index is -3.81. The summed E-state index contributed by atoms with van der Waals surface area (Å²) < 4.78 is 70.6. The lowest BCUT2D eigenvalue weighted by molar-refractivity contribution is 0.102. The highest BCUT2D eigenvalue weighted by atomic mass is 32.2. The average Bonchev–Trinajstić information content (AvgIpc) is 3.41. The summed E-state index contributed by atoms with van der Waals surface area (Å²) in [7, 11) is -0.823. The average molecular weight is 581 g/mol. The van der Waals surface area contributed by atoms with Crippen LogP contribution in [0.5, 0.6) is 23.0 Å². The number of fused-ring (bicyclic) bond motifs is 1. The molecule has 2 aromatic heterocycles. The molecular weight excluding hydrogens is 558 g/mol. The van der Waals surface area contributed by atoms with E-state index >= 15 is 4.39 Å². The second kappa shape index (κ2) is 10.8. The van der Waals surface area contributed by atoms with Crippen molar-refractivity contribution in [2.75, 3.05) is 25.8 Å². The fourth-order valence-corrected chi connectivity index (χ4v) is 4.80. The second-order valence-corrected chi connectivity index (χ2v) is 10.7. The Bertz CT molecular complexity index is 1890. The number of amides is 1. The molecule has 0 saturated carbocycles. The number of hydrogen-bond acceptors (Lipinski definition) is 8. The number of pyridine rings is 1. The van der Waals surface area contributed by atoms with Crippen LogP contribution in [0.2, 0.25) is 0 Å². The lowest BCUT2D eigenvalue weighted by Gasteiger charge is -2.13. The highest BCUT2D eigenvalue weighted by molar-refractivity contribution is 7.90. The van der Waals surface area contributed by atoms with E-state index in [9.17, 15) is 17.6 Å². The van der Waals surface area contributed by atoms with E-state index in [1.807, 2.05) is 0 Å². The third-order valence-electron chi connectivity index (χ3n) is 5.98. The molecule has 0 bridgehead atoms. The highest BCUT2D eigenvalue weighted by Crippen LogP contribution is 2.37. The Morgan fingerprint density at radius 1 is 0.878 bits per heavy atom. The van der Waals surface area contributed by atoms with E-state index in [0.717, 1.165) is 35.2 Å². The summed E-state index contributed by atoms with van der Waals surface area (Å²) in [6.07, 6.45) is 2.46. The summed E-state index contributed by atoms with van der Waals surface area (Å²) in [5.41, 5.74) is 0.599. The molecule has 210 valence electrons. The maximum Gasteiger partial charge on any atom is 0.276 e. The van der Waals surface area contributed by atoms with E-state index in [1.54, 1.807) is 18.2 Å². The van der Waals surface area contributed by atoms with Gasteiger partial charge in [-0.25, -0.2) is 21.9 Å². The molecule has 0 unspecified atom stereocenters. The fourth-order valence-electron chi connectivity index (χ4n) is 4.02. The number of rotatable bonds is 8. The number of benzene rings is 3. The molecule has 0 aliphatic rings. The number of anilines is 1. The van der Waals surface area contributed by atoms with Gasteiger partial charge in [0, 0.05) is 41.7 Å². The molecular formula is C28H22F2N4O6S. The van der Waals surface area contributed by atoms with Crippen molar-refractivity contribution >= 4 is 32.3 Å². The number of sulfone groups is 1. The molecule has 0 spiro atoms. The first-order valence-electron chi connectivity index (χ1n) is 11.9. The topological polar surface area (TPSA) is 122 Å². The van der Waals surface area contributed by atoms with E-state index in [0.29, 0.717) is 28.2 Å². The number of nitrogens with one attached hydrogen (secondary N) is 1. The molecule has 0 radical (unpaired) electrons. The minimum absolute atomic E-state index is 0.0723. The van der Waals surface area contributed by atoms with E-state index in [4.69, 9.17) is 14.2 Å². The van der Waals surface area contributed by atoms with Crippen molar-refractivity contribution in [3.05, 3.63) is 90.3 Å². The normalized spacial score (nSPS) is 11.3. The van der Waals surface area contributed by atoms with Gasteiger partial charge in [-0.3, -0.25) is 9.78 Å². The maximum absolute atomic E-state index is 15.1. The summed E-state index contributed by atoms with van der Waals surface area (Å²) in [4.78, 5) is 17.2. The first kappa shape index (κ1) is 27.5. The fraction of sp³-hybridized carbons (Fsp3) is 0.107. The smallest absolute Gasteiger partial charge is 0.276 e. The predicted molar refractivity (Wildman–Crippen MR) is 146 cm³/mol. The predicted octanol–water partition coefficient (Wildman–Crippen LogP) is 5.16. The van der Waals surface area contributed by atoms with Crippen LogP contribution in [0.15, 0.2) is 78.0 Å². The Labute approximate surface area is 233 Å². The van der Waals surface area contributed by atoms with Gasteiger partial charge in [0.2, 0.25) is 0 Å². The van der Waals surface area contributed by atoms with Gasteiger partial charge in [-0.05, 0) is 48.5 Å². The Balaban J connectivity index is 1.40. The lowest BCUT2D eigenvalue weighted by atomic mass is 10.2. The van der Waals surface area contributed by atoms with Gasteiger partial charge in [0.1, 0.15) is 11.6 Å². The van der Waals surface area contributed by atoms with Crippen LogP contribution in [0.4, 0.5) is 14.5 Å². The Kier molecular flexibility index (Phi) is 7.28. The van der Waals surface area contributed by atoms with Crippen molar-refractivity contribution in [2.24, 2.45) is 0 Å². The number of methoxy groups -OCH3 is 2. The minimum Gasteiger partial charge on any atom is -0.493 e. The van der Waals surface area contributed by atoms with Gasteiger partial charge in [-0.1, -0.05) is 0 Å². The van der Waals surface area contributed by atoms with Crippen LogP contribution in [0.1, 0.15) is 10.5 Å². The summed E-state index contributed by atoms with van der Waals surface area (Å²) in [6, 6.07) is 14.7. The maximum atomic E-state index is 15.1.